The third-order valence-corrected chi connectivity index (χ3v) is 4.47. The molecule has 1 saturated heterocycles. The molecule has 0 radical (unpaired) electrons. The van der Waals surface area contributed by atoms with Crippen molar-refractivity contribution in [1.29, 1.82) is 0 Å². The van der Waals surface area contributed by atoms with Gasteiger partial charge in [-0.05, 0) is 32.1 Å². The summed E-state index contributed by atoms with van der Waals surface area (Å²) in [5.74, 6) is -0.977. The largest absolute Gasteiger partial charge is 0.481 e. The van der Waals surface area contributed by atoms with Gasteiger partial charge in [-0.3, -0.25) is 4.79 Å². The first-order valence-electron chi connectivity index (χ1n) is 9.98. The molecule has 1 heterocycles. The Kier molecular flexibility index (Phi) is 12.4. The molecule has 4 N–H and O–H groups in total. The quantitative estimate of drug-likeness (QED) is 0.358. The third-order valence-electron chi connectivity index (χ3n) is 4.47. The fourth-order valence-electron chi connectivity index (χ4n) is 2.87. The normalized spacial score (nSPS) is 25.5. The van der Waals surface area contributed by atoms with Gasteiger partial charge in [0, 0.05) is 12.8 Å². The van der Waals surface area contributed by atoms with Gasteiger partial charge in [-0.2, -0.15) is 0 Å². The number of carboxylic acid groups (broad SMARTS) is 1. The smallest absolute Gasteiger partial charge is 0.303 e. The number of ether oxygens (including phenoxy) is 1. The summed E-state index contributed by atoms with van der Waals surface area (Å²) in [6, 6.07) is 0. The summed E-state index contributed by atoms with van der Waals surface area (Å²) in [5, 5.41) is 38.5. The molecule has 1 aliphatic rings. The fourth-order valence-corrected chi connectivity index (χ4v) is 2.87. The molecular formula is C22H34O6. The summed E-state index contributed by atoms with van der Waals surface area (Å²) in [6.45, 7) is 2.11. The Morgan fingerprint density at radius 1 is 1.07 bits per heavy atom. The minimum atomic E-state index is -0.977. The lowest BCUT2D eigenvalue weighted by atomic mass is 10.0. The van der Waals surface area contributed by atoms with Crippen LogP contribution in [0.3, 0.4) is 0 Å². The summed E-state index contributed by atoms with van der Waals surface area (Å²) in [5.41, 5.74) is 0. The van der Waals surface area contributed by atoms with E-state index in [1.165, 1.54) is 12.2 Å². The van der Waals surface area contributed by atoms with Crippen LogP contribution >= 0.6 is 0 Å². The van der Waals surface area contributed by atoms with Crippen molar-refractivity contribution < 1.29 is 30.0 Å². The lowest BCUT2D eigenvalue weighted by molar-refractivity contribution is -0.137. The molecule has 158 valence electrons. The Balaban J connectivity index is 2.32. The number of allylic oxidation sites excluding steroid dienone is 5. The maximum atomic E-state index is 10.5. The lowest BCUT2D eigenvalue weighted by Gasteiger charge is -2.16. The van der Waals surface area contributed by atoms with Crippen LogP contribution in [0.4, 0.5) is 0 Å². The van der Waals surface area contributed by atoms with Crippen molar-refractivity contribution in [3.05, 3.63) is 48.6 Å². The van der Waals surface area contributed by atoms with E-state index in [2.05, 4.69) is 31.2 Å². The number of aliphatic hydroxyl groups excluding tert-OH is 3. The third kappa shape index (κ3) is 10.6. The fraction of sp³-hybridized carbons (Fsp3) is 0.591. The van der Waals surface area contributed by atoms with E-state index >= 15 is 0 Å². The highest BCUT2D eigenvalue weighted by Gasteiger charge is 2.36. The highest BCUT2D eigenvalue weighted by molar-refractivity contribution is 5.66. The maximum absolute atomic E-state index is 10.5. The Bertz CT molecular complexity index is 551. The average molecular weight is 395 g/mol. The summed E-state index contributed by atoms with van der Waals surface area (Å²) in [6.07, 6.45) is 15.5. The Labute approximate surface area is 167 Å². The topological polar surface area (TPSA) is 107 Å². The molecule has 6 nitrogen and oxygen atoms in total. The molecule has 0 aromatic heterocycles. The van der Waals surface area contributed by atoms with Gasteiger partial charge in [-0.25, -0.2) is 0 Å². The molecule has 6 heteroatoms. The van der Waals surface area contributed by atoms with Crippen LogP contribution in [-0.2, 0) is 9.53 Å². The monoisotopic (exact) mass is 394 g/mol. The van der Waals surface area contributed by atoms with Crippen molar-refractivity contribution >= 4 is 5.97 Å². The van der Waals surface area contributed by atoms with Crippen LogP contribution in [0.2, 0.25) is 0 Å². The minimum Gasteiger partial charge on any atom is -0.481 e. The van der Waals surface area contributed by atoms with Crippen LogP contribution in [0.1, 0.15) is 51.9 Å². The van der Waals surface area contributed by atoms with E-state index in [0.29, 0.717) is 12.8 Å². The molecule has 0 unspecified atom stereocenters. The van der Waals surface area contributed by atoms with Gasteiger partial charge in [0.1, 0.15) is 0 Å². The molecule has 0 spiro atoms. The number of rotatable bonds is 13. The Morgan fingerprint density at radius 3 is 2.36 bits per heavy atom. The molecule has 28 heavy (non-hydrogen) atoms. The highest BCUT2D eigenvalue weighted by Crippen LogP contribution is 2.26. The van der Waals surface area contributed by atoms with Crippen molar-refractivity contribution in [2.45, 2.75) is 82.4 Å². The molecule has 0 bridgehead atoms. The van der Waals surface area contributed by atoms with E-state index in [9.17, 15) is 20.1 Å². The van der Waals surface area contributed by atoms with Gasteiger partial charge in [-0.15, -0.1) is 0 Å². The highest BCUT2D eigenvalue weighted by atomic mass is 16.5. The Morgan fingerprint density at radius 2 is 1.71 bits per heavy atom. The predicted molar refractivity (Wildman–Crippen MR) is 109 cm³/mol. The second kappa shape index (κ2) is 14.3. The van der Waals surface area contributed by atoms with E-state index in [4.69, 9.17) is 9.84 Å². The van der Waals surface area contributed by atoms with E-state index < -0.39 is 30.4 Å². The van der Waals surface area contributed by atoms with Gasteiger partial charge in [0.15, 0.2) is 0 Å². The van der Waals surface area contributed by atoms with Crippen LogP contribution in [0.15, 0.2) is 48.6 Å². The van der Waals surface area contributed by atoms with Gasteiger partial charge < -0.3 is 25.2 Å². The molecule has 5 atom stereocenters. The number of carboxylic acids is 1. The summed E-state index contributed by atoms with van der Waals surface area (Å²) < 4.78 is 5.73. The predicted octanol–water partition coefficient (Wildman–Crippen LogP) is 2.90. The van der Waals surface area contributed by atoms with E-state index in [1.807, 2.05) is 12.2 Å². The van der Waals surface area contributed by atoms with Crippen LogP contribution in [0.5, 0.6) is 0 Å². The van der Waals surface area contributed by atoms with Crippen LogP contribution < -0.4 is 0 Å². The van der Waals surface area contributed by atoms with Crippen LogP contribution in [-0.4, -0.2) is 56.9 Å². The van der Waals surface area contributed by atoms with E-state index in [0.717, 1.165) is 19.3 Å². The lowest BCUT2D eigenvalue weighted by Crippen LogP contribution is -2.24. The zero-order valence-corrected chi connectivity index (χ0v) is 16.6. The standard InChI is InChI=1S/C22H34O6/c1-2-3-4-5-6-7-8-9-10-11-20-19(25)16-21(28-20)18(24)14-12-17(23)13-15-22(26)27/h3-4,6-7,9-10,12,14,17-21,23-25H,2,5,8,11,13,15-16H2,1H3,(H,26,27)/b4-3-,7-6-,10-9-,14-12+/t17-,18-,19+,20-,21+/m1/s1. The van der Waals surface area contributed by atoms with Gasteiger partial charge in [0.25, 0.3) is 0 Å². The average Bonchev–Trinajstić information content (AvgIpc) is 3.03. The minimum absolute atomic E-state index is 0.0868. The number of hydrogen-bond acceptors (Lipinski definition) is 5. The zero-order valence-electron chi connectivity index (χ0n) is 16.6. The summed E-state index contributed by atoms with van der Waals surface area (Å²) in [7, 11) is 0. The van der Waals surface area contributed by atoms with Crippen molar-refractivity contribution in [1.82, 2.24) is 0 Å². The first-order valence-corrected chi connectivity index (χ1v) is 9.98. The van der Waals surface area contributed by atoms with Crippen molar-refractivity contribution in [2.24, 2.45) is 0 Å². The van der Waals surface area contributed by atoms with Crippen LogP contribution in [0.25, 0.3) is 0 Å². The maximum Gasteiger partial charge on any atom is 0.303 e. The van der Waals surface area contributed by atoms with Crippen LogP contribution in [0, 0.1) is 0 Å². The molecule has 0 aliphatic carbocycles. The van der Waals surface area contributed by atoms with E-state index in [-0.39, 0.29) is 18.9 Å². The second-order valence-electron chi connectivity index (χ2n) is 6.92. The first-order chi connectivity index (χ1) is 13.4. The summed E-state index contributed by atoms with van der Waals surface area (Å²) in [4.78, 5) is 10.5. The summed E-state index contributed by atoms with van der Waals surface area (Å²) >= 11 is 0. The number of carbonyl (C=O) groups is 1. The Hall–Kier alpha value is -1.73. The van der Waals surface area contributed by atoms with Crippen molar-refractivity contribution in [3.8, 4) is 0 Å². The second-order valence-corrected chi connectivity index (χ2v) is 6.92. The van der Waals surface area contributed by atoms with Gasteiger partial charge >= 0.3 is 5.97 Å². The molecule has 1 rings (SSSR count). The molecule has 0 aromatic rings. The number of aliphatic hydroxyl groups is 3. The van der Waals surface area contributed by atoms with Crippen molar-refractivity contribution in [2.75, 3.05) is 0 Å². The van der Waals surface area contributed by atoms with Gasteiger partial charge in [0.2, 0.25) is 0 Å². The first kappa shape index (κ1) is 24.3. The van der Waals surface area contributed by atoms with Gasteiger partial charge in [-0.1, -0.05) is 55.5 Å². The van der Waals surface area contributed by atoms with Crippen molar-refractivity contribution in [3.63, 3.8) is 0 Å². The SMILES string of the molecule is CC/C=C\C/C=C\C/C=C\C[C@H]1O[C@H]([C@H](O)/C=C/[C@@H](O)CCC(=O)O)C[C@@H]1O. The van der Waals surface area contributed by atoms with E-state index in [1.54, 1.807) is 0 Å². The zero-order chi connectivity index (χ0) is 20.8. The molecule has 0 saturated carbocycles. The van der Waals surface area contributed by atoms with Gasteiger partial charge in [0.05, 0.1) is 30.5 Å². The molecular weight excluding hydrogens is 360 g/mol. The molecule has 1 aliphatic heterocycles. The molecule has 0 aromatic carbocycles. The molecule has 0 amide bonds. The molecule has 1 fully saturated rings. The number of aliphatic carboxylic acids is 1. The number of hydrogen-bond donors (Lipinski definition) is 4.